The maximum absolute atomic E-state index is 12.1. The van der Waals surface area contributed by atoms with Crippen LogP contribution >= 0.6 is 0 Å². The zero-order valence-corrected chi connectivity index (χ0v) is 14.1. The number of nitrogens with one attached hydrogen (secondary N) is 1. The number of rotatable bonds is 8. The first-order chi connectivity index (χ1) is 12.0. The van der Waals surface area contributed by atoms with Crippen molar-refractivity contribution in [2.24, 2.45) is 5.92 Å². The number of amides is 1. The van der Waals surface area contributed by atoms with Crippen LogP contribution in [-0.2, 0) is 11.2 Å². The Morgan fingerprint density at radius 3 is 2.52 bits per heavy atom. The average Bonchev–Trinajstić information content (AvgIpc) is 2.64. The molecule has 25 heavy (non-hydrogen) atoms. The van der Waals surface area contributed by atoms with Crippen molar-refractivity contribution in [3.05, 3.63) is 53.7 Å². The lowest BCUT2D eigenvalue weighted by atomic mass is 9.98. The van der Waals surface area contributed by atoms with E-state index in [-0.39, 0.29) is 18.9 Å². The Labute approximate surface area is 145 Å². The molecule has 0 bridgehead atoms. The average molecular weight is 344 g/mol. The van der Waals surface area contributed by atoms with Gasteiger partial charge in [0, 0.05) is 18.8 Å². The SMILES string of the molecule is COc1ccc(C(=O)NCC(Cc2ccccc2OC)C(=O)O)cn1. The molecule has 0 aliphatic carbocycles. The molecule has 0 saturated heterocycles. The first-order valence-corrected chi connectivity index (χ1v) is 7.68. The zero-order valence-electron chi connectivity index (χ0n) is 14.1. The van der Waals surface area contributed by atoms with Gasteiger partial charge in [-0.25, -0.2) is 4.98 Å². The molecule has 0 fully saturated rings. The van der Waals surface area contributed by atoms with Gasteiger partial charge in [-0.2, -0.15) is 0 Å². The molecule has 0 spiro atoms. The Kier molecular flexibility index (Phi) is 6.33. The molecule has 1 unspecified atom stereocenters. The van der Waals surface area contributed by atoms with Gasteiger partial charge in [0.15, 0.2) is 0 Å². The lowest BCUT2D eigenvalue weighted by molar-refractivity contribution is -0.141. The van der Waals surface area contributed by atoms with Crippen LogP contribution in [-0.4, -0.2) is 42.7 Å². The first-order valence-electron chi connectivity index (χ1n) is 7.68. The number of carbonyl (C=O) groups excluding carboxylic acids is 1. The molecule has 0 aliphatic rings. The minimum atomic E-state index is -0.987. The van der Waals surface area contributed by atoms with Gasteiger partial charge >= 0.3 is 5.97 Å². The van der Waals surface area contributed by atoms with Gasteiger partial charge < -0.3 is 19.9 Å². The van der Waals surface area contributed by atoms with Gasteiger partial charge in [-0.3, -0.25) is 9.59 Å². The fourth-order valence-corrected chi connectivity index (χ4v) is 2.34. The van der Waals surface area contributed by atoms with Gasteiger partial charge in [0.2, 0.25) is 5.88 Å². The lowest BCUT2D eigenvalue weighted by Crippen LogP contribution is -2.34. The van der Waals surface area contributed by atoms with Crippen molar-refractivity contribution < 1.29 is 24.2 Å². The number of pyridine rings is 1. The normalized spacial score (nSPS) is 11.4. The van der Waals surface area contributed by atoms with Crippen molar-refractivity contribution in [3.63, 3.8) is 0 Å². The number of carbonyl (C=O) groups is 2. The summed E-state index contributed by atoms with van der Waals surface area (Å²) in [6.45, 7) is -0.00174. The van der Waals surface area contributed by atoms with Crippen molar-refractivity contribution in [1.82, 2.24) is 10.3 Å². The van der Waals surface area contributed by atoms with E-state index in [1.807, 2.05) is 18.2 Å². The molecular weight excluding hydrogens is 324 g/mol. The van der Waals surface area contributed by atoms with Crippen molar-refractivity contribution in [3.8, 4) is 11.6 Å². The molecule has 7 nitrogen and oxygen atoms in total. The Morgan fingerprint density at radius 1 is 1.16 bits per heavy atom. The molecule has 2 rings (SSSR count). The number of para-hydroxylation sites is 1. The summed E-state index contributed by atoms with van der Waals surface area (Å²) in [4.78, 5) is 27.6. The van der Waals surface area contributed by atoms with E-state index in [0.717, 1.165) is 5.56 Å². The minimum Gasteiger partial charge on any atom is -0.496 e. The number of hydrogen-bond acceptors (Lipinski definition) is 5. The highest BCUT2D eigenvalue weighted by molar-refractivity contribution is 5.94. The summed E-state index contributed by atoms with van der Waals surface area (Å²) in [7, 11) is 3.02. The Morgan fingerprint density at radius 2 is 1.92 bits per heavy atom. The molecule has 1 aromatic heterocycles. The molecule has 0 radical (unpaired) electrons. The molecule has 0 aliphatic heterocycles. The summed E-state index contributed by atoms with van der Waals surface area (Å²) in [6.07, 6.45) is 1.63. The van der Waals surface area contributed by atoms with Crippen molar-refractivity contribution >= 4 is 11.9 Å². The summed E-state index contributed by atoms with van der Waals surface area (Å²) in [6, 6.07) is 10.4. The number of carboxylic acids is 1. The maximum Gasteiger partial charge on any atom is 0.308 e. The summed E-state index contributed by atoms with van der Waals surface area (Å²) in [5, 5.41) is 12.1. The smallest absolute Gasteiger partial charge is 0.308 e. The lowest BCUT2D eigenvalue weighted by Gasteiger charge is -2.15. The third-order valence-corrected chi connectivity index (χ3v) is 3.72. The van der Waals surface area contributed by atoms with E-state index < -0.39 is 11.9 Å². The van der Waals surface area contributed by atoms with Gasteiger partial charge in [0.1, 0.15) is 5.75 Å². The van der Waals surface area contributed by atoms with E-state index in [1.165, 1.54) is 20.4 Å². The Hall–Kier alpha value is -3.09. The van der Waals surface area contributed by atoms with Crippen LogP contribution in [0.25, 0.3) is 0 Å². The molecule has 1 heterocycles. The van der Waals surface area contributed by atoms with Crippen LogP contribution in [0.4, 0.5) is 0 Å². The molecule has 1 amide bonds. The second-order valence-electron chi connectivity index (χ2n) is 5.35. The standard InChI is InChI=1S/C18H20N2O5/c1-24-15-6-4-3-5-12(15)9-14(18(22)23)11-20-17(21)13-7-8-16(25-2)19-10-13/h3-8,10,14H,9,11H2,1-2H3,(H,20,21)(H,22,23). The molecule has 0 saturated carbocycles. The van der Waals surface area contributed by atoms with E-state index >= 15 is 0 Å². The van der Waals surface area contributed by atoms with Crippen LogP contribution in [0.1, 0.15) is 15.9 Å². The van der Waals surface area contributed by atoms with E-state index in [1.54, 1.807) is 18.2 Å². The van der Waals surface area contributed by atoms with Crippen LogP contribution in [0, 0.1) is 5.92 Å². The second kappa shape index (κ2) is 8.68. The van der Waals surface area contributed by atoms with E-state index in [9.17, 15) is 14.7 Å². The largest absolute Gasteiger partial charge is 0.496 e. The molecule has 7 heteroatoms. The fraction of sp³-hybridized carbons (Fsp3) is 0.278. The number of aliphatic carboxylic acids is 1. The molecule has 1 atom stereocenters. The molecule has 2 N–H and O–H groups in total. The van der Waals surface area contributed by atoms with Gasteiger partial charge in [-0.05, 0) is 24.1 Å². The predicted molar refractivity (Wildman–Crippen MR) is 90.9 cm³/mol. The van der Waals surface area contributed by atoms with E-state index in [4.69, 9.17) is 9.47 Å². The van der Waals surface area contributed by atoms with Crippen LogP contribution in [0.3, 0.4) is 0 Å². The number of carboxylic acid groups (broad SMARTS) is 1. The summed E-state index contributed by atoms with van der Waals surface area (Å²) in [5.74, 6) is -1.12. The highest BCUT2D eigenvalue weighted by Crippen LogP contribution is 2.21. The highest BCUT2D eigenvalue weighted by Gasteiger charge is 2.21. The topological polar surface area (TPSA) is 97.8 Å². The number of benzene rings is 1. The third-order valence-electron chi connectivity index (χ3n) is 3.72. The van der Waals surface area contributed by atoms with Crippen LogP contribution < -0.4 is 14.8 Å². The number of ether oxygens (including phenoxy) is 2. The first kappa shape index (κ1) is 18.3. The summed E-state index contributed by atoms with van der Waals surface area (Å²) < 4.78 is 10.2. The third kappa shape index (κ3) is 4.94. The van der Waals surface area contributed by atoms with E-state index in [0.29, 0.717) is 17.2 Å². The van der Waals surface area contributed by atoms with Gasteiger partial charge in [-0.15, -0.1) is 0 Å². The monoisotopic (exact) mass is 344 g/mol. The van der Waals surface area contributed by atoms with Crippen molar-refractivity contribution in [2.45, 2.75) is 6.42 Å². The Balaban J connectivity index is 2.01. The summed E-state index contributed by atoms with van der Waals surface area (Å²) >= 11 is 0. The zero-order chi connectivity index (χ0) is 18.2. The molecule has 2 aromatic rings. The Bertz CT molecular complexity index is 731. The van der Waals surface area contributed by atoms with Gasteiger partial charge in [-0.1, -0.05) is 18.2 Å². The van der Waals surface area contributed by atoms with Crippen molar-refractivity contribution in [2.75, 3.05) is 20.8 Å². The van der Waals surface area contributed by atoms with Gasteiger partial charge in [0.25, 0.3) is 5.91 Å². The quantitative estimate of drug-likeness (QED) is 0.757. The van der Waals surface area contributed by atoms with Gasteiger partial charge in [0.05, 0.1) is 25.7 Å². The summed E-state index contributed by atoms with van der Waals surface area (Å²) in [5.41, 5.74) is 1.11. The van der Waals surface area contributed by atoms with E-state index in [2.05, 4.69) is 10.3 Å². The number of aromatic nitrogens is 1. The predicted octanol–water partition coefficient (Wildman–Crippen LogP) is 1.77. The maximum atomic E-state index is 12.1. The highest BCUT2D eigenvalue weighted by atomic mass is 16.5. The number of nitrogens with zero attached hydrogens (tertiary/aromatic N) is 1. The fourth-order valence-electron chi connectivity index (χ4n) is 2.34. The van der Waals surface area contributed by atoms with Crippen LogP contribution in [0.2, 0.25) is 0 Å². The van der Waals surface area contributed by atoms with Crippen LogP contribution in [0.5, 0.6) is 11.6 Å². The number of methoxy groups -OCH3 is 2. The molecular formula is C18H20N2O5. The van der Waals surface area contributed by atoms with Crippen molar-refractivity contribution in [1.29, 1.82) is 0 Å². The minimum absolute atomic E-state index is 0.00174. The number of hydrogen-bond donors (Lipinski definition) is 2. The molecule has 132 valence electrons. The molecule has 1 aromatic carbocycles. The second-order valence-corrected chi connectivity index (χ2v) is 5.35. The van der Waals surface area contributed by atoms with Crippen LogP contribution in [0.15, 0.2) is 42.6 Å².